The molecular formula is C20H22N4O2. The molecule has 0 atom stereocenters. The van der Waals surface area contributed by atoms with Gasteiger partial charge in [0.25, 0.3) is 5.91 Å². The number of H-pyrrole nitrogens is 1. The van der Waals surface area contributed by atoms with Crippen LogP contribution in [-0.2, 0) is 11.3 Å². The molecular weight excluding hydrogens is 328 g/mol. The summed E-state index contributed by atoms with van der Waals surface area (Å²) < 4.78 is 5.48. The second-order valence-corrected chi connectivity index (χ2v) is 6.74. The lowest BCUT2D eigenvalue weighted by molar-refractivity contribution is 0.0845. The molecule has 3 heterocycles. The lowest BCUT2D eigenvalue weighted by atomic mass is 9.93. The number of hydrogen-bond donors (Lipinski definition) is 2. The van der Waals surface area contributed by atoms with E-state index in [2.05, 4.69) is 45.6 Å². The predicted octanol–water partition coefficient (Wildman–Crippen LogP) is 3.09. The molecule has 1 fully saturated rings. The summed E-state index contributed by atoms with van der Waals surface area (Å²) in [5, 5.41) is 11.6. The molecule has 0 bridgehead atoms. The van der Waals surface area contributed by atoms with E-state index in [1.165, 1.54) is 29.0 Å². The van der Waals surface area contributed by atoms with E-state index >= 15 is 0 Å². The summed E-state index contributed by atoms with van der Waals surface area (Å²) >= 11 is 0. The van der Waals surface area contributed by atoms with Gasteiger partial charge in [-0.1, -0.05) is 6.07 Å². The fraction of sp³-hybridized carbons (Fsp3) is 0.350. The Kier molecular flexibility index (Phi) is 4.67. The summed E-state index contributed by atoms with van der Waals surface area (Å²) in [5.74, 6) is 0.396. The molecule has 0 aliphatic carbocycles. The largest absolute Gasteiger partial charge is 0.381 e. The lowest BCUT2D eigenvalue weighted by Gasteiger charge is -2.21. The zero-order valence-corrected chi connectivity index (χ0v) is 14.8. The molecule has 2 aromatic heterocycles. The molecule has 6 heteroatoms. The van der Waals surface area contributed by atoms with Crippen molar-refractivity contribution >= 4 is 16.8 Å². The average Bonchev–Trinajstić information content (AvgIpc) is 3.03. The van der Waals surface area contributed by atoms with Gasteiger partial charge in [0.2, 0.25) is 0 Å². The van der Waals surface area contributed by atoms with E-state index in [1.54, 1.807) is 6.07 Å². The third-order valence-corrected chi connectivity index (χ3v) is 5.09. The van der Waals surface area contributed by atoms with Gasteiger partial charge in [0, 0.05) is 42.3 Å². The highest BCUT2D eigenvalue weighted by atomic mass is 16.5. The minimum Gasteiger partial charge on any atom is -0.381 e. The van der Waals surface area contributed by atoms with E-state index < -0.39 is 0 Å². The second-order valence-electron chi connectivity index (χ2n) is 6.74. The Balaban J connectivity index is 1.52. The van der Waals surface area contributed by atoms with Crippen molar-refractivity contribution < 1.29 is 9.53 Å². The highest BCUT2D eigenvalue weighted by Gasteiger charge is 2.20. The lowest BCUT2D eigenvalue weighted by Crippen LogP contribution is -2.22. The maximum atomic E-state index is 12.2. The molecule has 6 nitrogen and oxygen atoms in total. The van der Waals surface area contributed by atoms with Gasteiger partial charge in [-0.2, -0.15) is 10.2 Å². The van der Waals surface area contributed by atoms with Crippen LogP contribution in [0.25, 0.3) is 10.9 Å². The predicted molar refractivity (Wildman–Crippen MR) is 99.0 cm³/mol. The number of fused-ring (bicyclic) bond motifs is 1. The molecule has 2 N–H and O–H groups in total. The van der Waals surface area contributed by atoms with E-state index in [4.69, 9.17) is 4.74 Å². The van der Waals surface area contributed by atoms with Crippen LogP contribution in [0.2, 0.25) is 0 Å². The van der Waals surface area contributed by atoms with Crippen molar-refractivity contribution in [1.82, 2.24) is 20.5 Å². The monoisotopic (exact) mass is 350 g/mol. The van der Waals surface area contributed by atoms with Crippen LogP contribution in [0.15, 0.2) is 36.7 Å². The van der Waals surface area contributed by atoms with Gasteiger partial charge in [-0.25, -0.2) is 0 Å². The number of hydrogen-bond acceptors (Lipinski definition) is 4. The molecule has 1 aliphatic heterocycles. The molecule has 26 heavy (non-hydrogen) atoms. The number of aromatic nitrogens is 3. The van der Waals surface area contributed by atoms with Crippen molar-refractivity contribution in [3.8, 4) is 0 Å². The van der Waals surface area contributed by atoms with Gasteiger partial charge in [-0.3, -0.25) is 4.79 Å². The van der Waals surface area contributed by atoms with Crippen LogP contribution in [0, 0.1) is 6.92 Å². The number of nitrogens with one attached hydrogen (secondary N) is 2. The van der Waals surface area contributed by atoms with Gasteiger partial charge in [0.1, 0.15) is 0 Å². The fourth-order valence-electron chi connectivity index (χ4n) is 3.61. The van der Waals surface area contributed by atoms with E-state index in [9.17, 15) is 4.79 Å². The van der Waals surface area contributed by atoms with Crippen LogP contribution in [0.4, 0.5) is 0 Å². The summed E-state index contributed by atoms with van der Waals surface area (Å²) in [4.78, 5) is 15.8. The van der Waals surface area contributed by atoms with E-state index in [-0.39, 0.29) is 5.91 Å². The van der Waals surface area contributed by atoms with E-state index in [0.717, 1.165) is 37.1 Å². The molecule has 1 amide bonds. The number of benzene rings is 1. The molecule has 0 radical (unpaired) electrons. The summed E-state index contributed by atoms with van der Waals surface area (Å²) in [6.45, 7) is 4.32. The molecule has 3 aromatic rings. The minimum atomic E-state index is -0.145. The highest BCUT2D eigenvalue weighted by Crippen LogP contribution is 2.33. The maximum Gasteiger partial charge on any atom is 0.253 e. The first-order chi connectivity index (χ1) is 12.7. The molecule has 0 spiro atoms. The zero-order chi connectivity index (χ0) is 17.9. The van der Waals surface area contributed by atoms with Crippen molar-refractivity contribution in [3.63, 3.8) is 0 Å². The number of carbonyl (C=O) groups is 1. The molecule has 1 aliphatic rings. The van der Waals surface area contributed by atoms with Crippen LogP contribution in [0.5, 0.6) is 0 Å². The van der Waals surface area contributed by atoms with Crippen LogP contribution >= 0.6 is 0 Å². The summed E-state index contributed by atoms with van der Waals surface area (Å²) in [6, 6.07) is 7.97. The van der Waals surface area contributed by atoms with E-state index in [0.29, 0.717) is 18.0 Å². The Morgan fingerprint density at radius 3 is 2.88 bits per heavy atom. The van der Waals surface area contributed by atoms with Crippen molar-refractivity contribution in [1.29, 1.82) is 0 Å². The minimum absolute atomic E-state index is 0.145. The first kappa shape index (κ1) is 16.7. The SMILES string of the molecule is Cc1c(C2CCOCC2)[nH]c2ccc(CNC(=O)c3ccnnc3)cc12. The number of ether oxygens (including phenoxy) is 1. The molecule has 0 saturated carbocycles. The third kappa shape index (κ3) is 3.32. The first-order valence-corrected chi connectivity index (χ1v) is 8.96. The van der Waals surface area contributed by atoms with Crippen LogP contribution in [-0.4, -0.2) is 34.3 Å². The fourth-order valence-corrected chi connectivity index (χ4v) is 3.61. The number of amides is 1. The van der Waals surface area contributed by atoms with Crippen molar-refractivity contribution in [2.45, 2.75) is 32.2 Å². The van der Waals surface area contributed by atoms with Crippen molar-refractivity contribution in [3.05, 3.63) is 59.0 Å². The van der Waals surface area contributed by atoms with Gasteiger partial charge in [0.15, 0.2) is 0 Å². The first-order valence-electron chi connectivity index (χ1n) is 8.96. The average molecular weight is 350 g/mol. The number of carbonyl (C=O) groups excluding carboxylic acids is 1. The number of nitrogens with zero attached hydrogens (tertiary/aromatic N) is 2. The molecule has 1 aromatic carbocycles. The number of aryl methyl sites for hydroxylation is 1. The number of rotatable bonds is 4. The Bertz CT molecular complexity index is 914. The van der Waals surface area contributed by atoms with Crippen LogP contribution in [0.3, 0.4) is 0 Å². The molecule has 4 rings (SSSR count). The maximum absolute atomic E-state index is 12.2. The van der Waals surface area contributed by atoms with Gasteiger partial charge >= 0.3 is 0 Å². The van der Waals surface area contributed by atoms with Crippen LogP contribution < -0.4 is 5.32 Å². The second kappa shape index (κ2) is 7.25. The standard InChI is InChI=1S/C20H22N4O2/c1-13-17-10-14(11-21-20(25)16-4-7-22-23-12-16)2-3-18(17)24-19(13)15-5-8-26-9-6-15/h2-4,7,10,12,15,24H,5-6,8-9,11H2,1H3,(H,21,25). The Morgan fingerprint density at radius 2 is 2.12 bits per heavy atom. The van der Waals surface area contributed by atoms with Crippen molar-refractivity contribution in [2.24, 2.45) is 0 Å². The number of aromatic amines is 1. The Morgan fingerprint density at radius 1 is 1.27 bits per heavy atom. The third-order valence-electron chi connectivity index (χ3n) is 5.09. The topological polar surface area (TPSA) is 79.9 Å². The summed E-state index contributed by atoms with van der Waals surface area (Å²) in [5.41, 5.74) is 5.37. The Labute approximate surface area is 152 Å². The van der Waals surface area contributed by atoms with Crippen LogP contribution in [0.1, 0.15) is 45.9 Å². The Hall–Kier alpha value is -2.73. The van der Waals surface area contributed by atoms with Gasteiger partial charge < -0.3 is 15.0 Å². The smallest absolute Gasteiger partial charge is 0.253 e. The molecule has 1 saturated heterocycles. The zero-order valence-electron chi connectivity index (χ0n) is 14.8. The van der Waals surface area contributed by atoms with Gasteiger partial charge in [-0.15, -0.1) is 0 Å². The quantitative estimate of drug-likeness (QED) is 0.758. The normalized spacial score (nSPS) is 15.3. The van der Waals surface area contributed by atoms with Gasteiger partial charge in [0.05, 0.1) is 18.0 Å². The molecule has 0 unspecified atom stereocenters. The summed E-state index contributed by atoms with van der Waals surface area (Å²) in [6.07, 6.45) is 5.12. The molecule has 134 valence electrons. The van der Waals surface area contributed by atoms with E-state index in [1.807, 2.05) is 0 Å². The van der Waals surface area contributed by atoms with Crippen molar-refractivity contribution in [2.75, 3.05) is 13.2 Å². The summed E-state index contributed by atoms with van der Waals surface area (Å²) in [7, 11) is 0. The van der Waals surface area contributed by atoms with Gasteiger partial charge in [-0.05, 0) is 49.1 Å². The highest BCUT2D eigenvalue weighted by molar-refractivity contribution is 5.93.